The molecule has 0 aliphatic carbocycles. The first-order valence-corrected chi connectivity index (χ1v) is 7.58. The summed E-state index contributed by atoms with van der Waals surface area (Å²) in [5, 5.41) is 4.02. The van der Waals surface area contributed by atoms with E-state index in [-0.39, 0.29) is 11.8 Å². The lowest BCUT2D eigenvalue weighted by atomic mass is 9.96. The average Bonchev–Trinajstić information content (AvgIpc) is 2.56. The number of anilines is 1. The van der Waals surface area contributed by atoms with E-state index in [0.717, 1.165) is 42.5 Å². The lowest BCUT2D eigenvalue weighted by Gasteiger charge is -2.29. The number of carbonyl (C=O) groups excluding carboxylic acids is 1. The van der Waals surface area contributed by atoms with Crippen LogP contribution >= 0.6 is 0 Å². The molecule has 0 spiro atoms. The molecule has 1 aliphatic heterocycles. The highest BCUT2D eigenvalue weighted by molar-refractivity contribution is 5.94. The number of likely N-dealkylation sites (tertiary alicyclic amines) is 1. The number of nitrogens with one attached hydrogen (secondary N) is 1. The van der Waals surface area contributed by atoms with Crippen LogP contribution in [0.3, 0.4) is 0 Å². The first-order chi connectivity index (χ1) is 10.8. The van der Waals surface area contributed by atoms with E-state index in [1.165, 1.54) is 0 Å². The Labute approximate surface area is 130 Å². The average molecular weight is 293 g/mol. The lowest BCUT2D eigenvalue weighted by molar-refractivity contribution is -0.121. The molecule has 0 bridgehead atoms. The largest absolute Gasteiger partial charge is 0.324 e. The van der Waals surface area contributed by atoms with Crippen molar-refractivity contribution < 1.29 is 4.79 Å². The molecular weight excluding hydrogens is 274 g/mol. The van der Waals surface area contributed by atoms with Crippen LogP contribution in [-0.4, -0.2) is 35.4 Å². The van der Waals surface area contributed by atoms with Gasteiger partial charge in [-0.1, -0.05) is 24.1 Å². The molecule has 0 radical (unpaired) electrons. The predicted molar refractivity (Wildman–Crippen MR) is 88.4 cm³/mol. The number of fused-ring (bicyclic) bond motifs is 1. The summed E-state index contributed by atoms with van der Waals surface area (Å²) < 4.78 is 0. The van der Waals surface area contributed by atoms with E-state index in [0.29, 0.717) is 6.54 Å². The fraction of sp³-hybridized carbons (Fsp3) is 0.333. The van der Waals surface area contributed by atoms with Gasteiger partial charge in [-0.15, -0.1) is 6.42 Å². The Morgan fingerprint density at radius 2 is 2.14 bits per heavy atom. The number of nitrogens with zero attached hydrogens (tertiary/aromatic N) is 2. The first-order valence-electron chi connectivity index (χ1n) is 7.58. The van der Waals surface area contributed by atoms with E-state index in [2.05, 4.69) is 21.1 Å². The molecule has 1 aromatic carbocycles. The number of amides is 1. The number of pyridine rings is 1. The summed E-state index contributed by atoms with van der Waals surface area (Å²) in [5.41, 5.74) is 1.69. The summed E-state index contributed by atoms with van der Waals surface area (Å²) in [6.45, 7) is 2.44. The molecule has 1 aliphatic rings. The Morgan fingerprint density at radius 3 is 2.91 bits per heavy atom. The molecule has 112 valence electrons. The standard InChI is InChI=1S/C18H19N3O/c1-2-9-21-10-7-14(8-11-21)18(22)20-16-12-15-5-3-4-6-17(15)19-13-16/h1,3-6,12-14H,7-11H2,(H,20,22). The second-order valence-electron chi connectivity index (χ2n) is 5.66. The number of para-hydroxylation sites is 1. The number of benzene rings is 1. The summed E-state index contributed by atoms with van der Waals surface area (Å²) in [5.74, 6) is 2.79. The zero-order chi connectivity index (χ0) is 15.4. The maximum absolute atomic E-state index is 12.4. The van der Waals surface area contributed by atoms with Crippen LogP contribution in [-0.2, 0) is 4.79 Å². The van der Waals surface area contributed by atoms with Crippen LogP contribution in [0.4, 0.5) is 5.69 Å². The molecule has 4 nitrogen and oxygen atoms in total. The van der Waals surface area contributed by atoms with Crippen molar-refractivity contribution in [2.75, 3.05) is 25.0 Å². The molecule has 2 heterocycles. The van der Waals surface area contributed by atoms with Gasteiger partial charge < -0.3 is 5.32 Å². The Morgan fingerprint density at radius 1 is 1.36 bits per heavy atom. The van der Waals surface area contributed by atoms with Gasteiger partial charge in [0.1, 0.15) is 0 Å². The van der Waals surface area contributed by atoms with Crippen molar-refractivity contribution in [2.45, 2.75) is 12.8 Å². The molecule has 2 aromatic rings. The van der Waals surface area contributed by atoms with Crippen molar-refractivity contribution in [3.05, 3.63) is 36.5 Å². The van der Waals surface area contributed by atoms with E-state index < -0.39 is 0 Å². The number of carbonyl (C=O) groups is 1. The van der Waals surface area contributed by atoms with Gasteiger partial charge in [-0.05, 0) is 38.1 Å². The van der Waals surface area contributed by atoms with Crippen molar-refractivity contribution in [1.82, 2.24) is 9.88 Å². The van der Waals surface area contributed by atoms with Crippen LogP contribution in [0.1, 0.15) is 12.8 Å². The van der Waals surface area contributed by atoms with E-state index in [1.807, 2.05) is 30.3 Å². The number of terminal acetylenes is 1. The highest BCUT2D eigenvalue weighted by atomic mass is 16.1. The predicted octanol–water partition coefficient (Wildman–Crippen LogP) is 2.52. The van der Waals surface area contributed by atoms with Crippen LogP contribution in [0.5, 0.6) is 0 Å². The third-order valence-corrected chi connectivity index (χ3v) is 4.13. The summed E-state index contributed by atoms with van der Waals surface area (Å²) >= 11 is 0. The summed E-state index contributed by atoms with van der Waals surface area (Å²) in [4.78, 5) is 19.0. The van der Waals surface area contributed by atoms with Gasteiger partial charge in [0.25, 0.3) is 0 Å². The van der Waals surface area contributed by atoms with E-state index in [1.54, 1.807) is 6.20 Å². The highest BCUT2D eigenvalue weighted by Gasteiger charge is 2.24. The molecule has 4 heteroatoms. The van der Waals surface area contributed by atoms with Crippen molar-refractivity contribution in [3.8, 4) is 12.3 Å². The maximum Gasteiger partial charge on any atom is 0.227 e. The molecule has 1 aromatic heterocycles. The third-order valence-electron chi connectivity index (χ3n) is 4.13. The van der Waals surface area contributed by atoms with E-state index in [4.69, 9.17) is 6.42 Å². The Bertz CT molecular complexity index is 712. The Hall–Kier alpha value is -2.38. The number of piperidine rings is 1. The smallest absolute Gasteiger partial charge is 0.227 e. The topological polar surface area (TPSA) is 45.2 Å². The number of aromatic nitrogens is 1. The summed E-state index contributed by atoms with van der Waals surface area (Å²) in [6, 6.07) is 9.85. The van der Waals surface area contributed by atoms with Crippen molar-refractivity contribution in [1.29, 1.82) is 0 Å². The zero-order valence-corrected chi connectivity index (χ0v) is 12.5. The minimum Gasteiger partial charge on any atom is -0.324 e. The van der Waals surface area contributed by atoms with E-state index >= 15 is 0 Å². The Kier molecular flexibility index (Phi) is 4.36. The van der Waals surface area contributed by atoms with Gasteiger partial charge >= 0.3 is 0 Å². The van der Waals surface area contributed by atoms with Crippen LogP contribution in [0.15, 0.2) is 36.5 Å². The van der Waals surface area contributed by atoms with Crippen LogP contribution in [0.25, 0.3) is 10.9 Å². The first kappa shape index (κ1) is 14.6. The molecular formula is C18H19N3O. The van der Waals surface area contributed by atoms with Crippen LogP contribution in [0, 0.1) is 18.3 Å². The molecule has 1 saturated heterocycles. The molecule has 3 rings (SSSR count). The van der Waals surface area contributed by atoms with Crippen molar-refractivity contribution in [3.63, 3.8) is 0 Å². The third kappa shape index (κ3) is 3.26. The second-order valence-corrected chi connectivity index (χ2v) is 5.66. The Balaban J connectivity index is 1.62. The molecule has 22 heavy (non-hydrogen) atoms. The van der Waals surface area contributed by atoms with Crippen LogP contribution < -0.4 is 5.32 Å². The lowest BCUT2D eigenvalue weighted by Crippen LogP contribution is -2.38. The van der Waals surface area contributed by atoms with Gasteiger partial charge in [0.05, 0.1) is 23.9 Å². The minimum absolute atomic E-state index is 0.0560. The number of hydrogen-bond acceptors (Lipinski definition) is 3. The second kappa shape index (κ2) is 6.59. The summed E-state index contributed by atoms with van der Waals surface area (Å²) in [7, 11) is 0. The van der Waals surface area contributed by atoms with Gasteiger partial charge in [-0.25, -0.2) is 0 Å². The number of hydrogen-bond donors (Lipinski definition) is 1. The van der Waals surface area contributed by atoms with Crippen molar-refractivity contribution in [2.24, 2.45) is 5.92 Å². The van der Waals surface area contributed by atoms with Gasteiger partial charge in [0.15, 0.2) is 0 Å². The summed E-state index contributed by atoms with van der Waals surface area (Å²) in [6.07, 6.45) is 8.75. The highest BCUT2D eigenvalue weighted by Crippen LogP contribution is 2.21. The normalized spacial score (nSPS) is 16.3. The maximum atomic E-state index is 12.4. The quantitative estimate of drug-likeness (QED) is 0.885. The molecule has 0 saturated carbocycles. The fourth-order valence-electron chi connectivity index (χ4n) is 2.87. The fourth-order valence-corrected chi connectivity index (χ4v) is 2.87. The van der Waals surface area contributed by atoms with Gasteiger partial charge in [-0.3, -0.25) is 14.7 Å². The van der Waals surface area contributed by atoms with Gasteiger partial charge in [-0.2, -0.15) is 0 Å². The molecule has 0 atom stereocenters. The molecule has 1 fully saturated rings. The SMILES string of the molecule is C#CCN1CCC(C(=O)Nc2cnc3ccccc3c2)CC1. The van der Waals surface area contributed by atoms with Gasteiger partial charge in [0.2, 0.25) is 5.91 Å². The van der Waals surface area contributed by atoms with Crippen molar-refractivity contribution >= 4 is 22.5 Å². The number of rotatable bonds is 3. The minimum atomic E-state index is 0.0560. The monoisotopic (exact) mass is 293 g/mol. The van der Waals surface area contributed by atoms with E-state index in [9.17, 15) is 4.79 Å². The van der Waals surface area contributed by atoms with Crippen LogP contribution in [0.2, 0.25) is 0 Å². The zero-order valence-electron chi connectivity index (χ0n) is 12.5. The molecule has 0 unspecified atom stereocenters. The molecule has 1 N–H and O–H groups in total. The molecule has 1 amide bonds. The van der Waals surface area contributed by atoms with Gasteiger partial charge in [0, 0.05) is 11.3 Å².